The quantitative estimate of drug-likeness (QED) is 0.614. The van der Waals surface area contributed by atoms with Crippen LogP contribution in [0.2, 0.25) is 0 Å². The molecule has 0 N–H and O–H groups in total. The molecule has 0 radical (unpaired) electrons. The van der Waals surface area contributed by atoms with Crippen molar-refractivity contribution < 1.29 is 14.3 Å². The number of aryl methyl sites for hydroxylation is 1. The number of pyridine rings is 2. The van der Waals surface area contributed by atoms with Gasteiger partial charge in [0.1, 0.15) is 23.1 Å². The number of fused-ring (bicyclic) bond motifs is 2. The van der Waals surface area contributed by atoms with E-state index in [4.69, 9.17) is 9.47 Å². The summed E-state index contributed by atoms with van der Waals surface area (Å²) < 4.78 is 13.6. The molecule has 1 aliphatic heterocycles. The summed E-state index contributed by atoms with van der Waals surface area (Å²) in [4.78, 5) is 33.2. The number of hydrogen-bond donors (Lipinski definition) is 0. The van der Waals surface area contributed by atoms with E-state index in [1.807, 2.05) is 37.5 Å². The van der Waals surface area contributed by atoms with E-state index in [-0.39, 0.29) is 35.1 Å². The molecule has 172 valence electrons. The molecule has 3 heterocycles. The molecular formula is C26H29N3O4. The molecule has 1 amide bonds. The number of benzene rings is 1. The summed E-state index contributed by atoms with van der Waals surface area (Å²) in [6, 6.07) is 9.89. The molecule has 5 rings (SSSR count). The highest BCUT2D eigenvalue weighted by Crippen LogP contribution is 2.27. The van der Waals surface area contributed by atoms with Crippen molar-refractivity contribution in [2.45, 2.75) is 58.3 Å². The van der Waals surface area contributed by atoms with E-state index in [1.54, 1.807) is 23.4 Å². The third-order valence-corrected chi connectivity index (χ3v) is 6.68. The molecule has 1 fully saturated rings. The van der Waals surface area contributed by atoms with E-state index in [1.165, 1.54) is 11.1 Å². The highest BCUT2D eigenvalue weighted by atomic mass is 16.5. The van der Waals surface area contributed by atoms with Gasteiger partial charge in [0.15, 0.2) is 0 Å². The lowest BCUT2D eigenvalue weighted by Crippen LogP contribution is -2.53. The van der Waals surface area contributed by atoms with Crippen LogP contribution in [0.15, 0.2) is 47.5 Å². The fraction of sp³-hybridized carbons (Fsp3) is 0.423. The van der Waals surface area contributed by atoms with Gasteiger partial charge in [-0.05, 0) is 38.0 Å². The third kappa shape index (κ3) is 3.91. The molecule has 0 saturated carbocycles. The van der Waals surface area contributed by atoms with Crippen molar-refractivity contribution in [2.75, 3.05) is 13.2 Å². The predicted molar refractivity (Wildman–Crippen MR) is 126 cm³/mol. The van der Waals surface area contributed by atoms with E-state index in [0.29, 0.717) is 36.5 Å². The molecule has 2 atom stereocenters. The van der Waals surface area contributed by atoms with Crippen molar-refractivity contribution in [3.8, 4) is 5.75 Å². The van der Waals surface area contributed by atoms with Crippen molar-refractivity contribution in [1.29, 1.82) is 0 Å². The Morgan fingerprint density at radius 3 is 2.45 bits per heavy atom. The van der Waals surface area contributed by atoms with E-state index < -0.39 is 0 Å². The average Bonchev–Trinajstić information content (AvgIpc) is 3.21. The Bertz CT molecular complexity index is 1230. The molecule has 0 spiro atoms. The summed E-state index contributed by atoms with van der Waals surface area (Å²) in [6.07, 6.45) is 4.99. The molecule has 1 aromatic carbocycles. The second-order valence-electron chi connectivity index (χ2n) is 9.06. The first-order chi connectivity index (χ1) is 16.0. The Balaban J connectivity index is 1.50. The Kier molecular flexibility index (Phi) is 5.66. The Labute approximate surface area is 192 Å². The van der Waals surface area contributed by atoms with Crippen LogP contribution in [0.4, 0.5) is 0 Å². The Morgan fingerprint density at radius 1 is 1.15 bits per heavy atom. The largest absolute Gasteiger partial charge is 0.488 e. The second kappa shape index (κ2) is 8.63. The molecule has 2 aliphatic rings. The van der Waals surface area contributed by atoms with Crippen LogP contribution in [0.3, 0.4) is 0 Å². The van der Waals surface area contributed by atoms with Crippen molar-refractivity contribution in [2.24, 2.45) is 0 Å². The average molecular weight is 448 g/mol. The maximum atomic E-state index is 13.5. The van der Waals surface area contributed by atoms with Gasteiger partial charge in [-0.3, -0.25) is 9.59 Å². The summed E-state index contributed by atoms with van der Waals surface area (Å²) in [5.74, 6) is 0.294. The SMILES string of the molecule is CCn1cc(C(=O)N2[C@H](C)COC[C@@H]2C)c(=O)c2cc(OC3Cc4ccccc4C3)cnc21. The fourth-order valence-corrected chi connectivity index (χ4v) is 5.05. The molecule has 1 aliphatic carbocycles. The topological polar surface area (TPSA) is 73.7 Å². The first-order valence-corrected chi connectivity index (χ1v) is 11.6. The van der Waals surface area contributed by atoms with Crippen molar-refractivity contribution in [3.05, 3.63) is 69.6 Å². The van der Waals surface area contributed by atoms with Gasteiger partial charge in [0.25, 0.3) is 5.91 Å². The number of nitrogens with zero attached hydrogens (tertiary/aromatic N) is 3. The van der Waals surface area contributed by atoms with Crippen LogP contribution in [-0.2, 0) is 24.1 Å². The van der Waals surface area contributed by atoms with Gasteiger partial charge in [-0.25, -0.2) is 4.98 Å². The standard InChI is InChI=1S/C26H29N3O4/c1-4-28-13-23(26(31)29-16(2)14-32-15-17(29)3)24(30)22-11-21(12-27-25(22)28)33-20-9-18-7-5-6-8-19(18)10-20/h5-8,11-13,16-17,20H,4,9-10,14-15H2,1-3H3/t16-,17+. The minimum absolute atomic E-state index is 0.00918. The van der Waals surface area contributed by atoms with E-state index in [0.717, 1.165) is 12.8 Å². The number of carbonyl (C=O) groups is 1. The maximum absolute atomic E-state index is 13.5. The first kappa shape index (κ1) is 21.6. The Morgan fingerprint density at radius 2 is 1.82 bits per heavy atom. The lowest BCUT2D eigenvalue weighted by Gasteiger charge is -2.38. The smallest absolute Gasteiger partial charge is 0.259 e. The van der Waals surface area contributed by atoms with Gasteiger partial charge in [-0.15, -0.1) is 0 Å². The van der Waals surface area contributed by atoms with E-state index in [9.17, 15) is 9.59 Å². The first-order valence-electron chi connectivity index (χ1n) is 11.6. The normalized spacial score (nSPS) is 20.8. The van der Waals surface area contributed by atoms with Crippen LogP contribution in [0, 0.1) is 0 Å². The summed E-state index contributed by atoms with van der Waals surface area (Å²) >= 11 is 0. The Hall–Kier alpha value is -3.19. The van der Waals surface area contributed by atoms with Gasteiger partial charge in [-0.1, -0.05) is 24.3 Å². The van der Waals surface area contributed by atoms with Gasteiger partial charge in [0, 0.05) is 25.6 Å². The van der Waals surface area contributed by atoms with Crippen LogP contribution in [-0.4, -0.2) is 51.8 Å². The van der Waals surface area contributed by atoms with Crippen LogP contribution < -0.4 is 10.2 Å². The minimum Gasteiger partial charge on any atom is -0.488 e. The van der Waals surface area contributed by atoms with Gasteiger partial charge < -0.3 is 18.9 Å². The molecule has 0 unspecified atom stereocenters. The molecule has 3 aromatic rings. The number of morpholine rings is 1. The number of rotatable bonds is 4. The number of carbonyl (C=O) groups excluding carboxylic acids is 1. The summed E-state index contributed by atoms with van der Waals surface area (Å²) in [7, 11) is 0. The molecule has 0 bridgehead atoms. The van der Waals surface area contributed by atoms with Crippen LogP contribution >= 0.6 is 0 Å². The molecule has 2 aromatic heterocycles. The molecule has 7 heteroatoms. The van der Waals surface area contributed by atoms with Crippen LogP contribution in [0.5, 0.6) is 5.75 Å². The monoisotopic (exact) mass is 447 g/mol. The highest BCUT2D eigenvalue weighted by molar-refractivity contribution is 5.97. The zero-order valence-corrected chi connectivity index (χ0v) is 19.3. The zero-order valence-electron chi connectivity index (χ0n) is 19.3. The second-order valence-corrected chi connectivity index (χ2v) is 9.06. The summed E-state index contributed by atoms with van der Waals surface area (Å²) in [6.45, 7) is 7.39. The predicted octanol–water partition coefficient (Wildman–Crippen LogP) is 3.21. The fourth-order valence-electron chi connectivity index (χ4n) is 5.05. The number of aromatic nitrogens is 2. The maximum Gasteiger partial charge on any atom is 0.259 e. The van der Waals surface area contributed by atoms with Crippen LogP contribution in [0.1, 0.15) is 42.3 Å². The van der Waals surface area contributed by atoms with Gasteiger partial charge in [-0.2, -0.15) is 0 Å². The number of hydrogen-bond acceptors (Lipinski definition) is 5. The summed E-state index contributed by atoms with van der Waals surface area (Å²) in [5, 5.41) is 0.407. The minimum atomic E-state index is -0.307. The van der Waals surface area contributed by atoms with Crippen molar-refractivity contribution in [1.82, 2.24) is 14.5 Å². The number of amides is 1. The molecular weight excluding hydrogens is 418 g/mol. The summed E-state index contributed by atoms with van der Waals surface area (Å²) in [5.41, 5.74) is 3.01. The molecule has 1 saturated heterocycles. The van der Waals surface area contributed by atoms with Crippen molar-refractivity contribution in [3.63, 3.8) is 0 Å². The van der Waals surface area contributed by atoms with Gasteiger partial charge >= 0.3 is 0 Å². The van der Waals surface area contributed by atoms with Crippen LogP contribution in [0.25, 0.3) is 11.0 Å². The third-order valence-electron chi connectivity index (χ3n) is 6.68. The van der Waals surface area contributed by atoms with Gasteiger partial charge in [0.2, 0.25) is 5.43 Å². The number of ether oxygens (including phenoxy) is 2. The van der Waals surface area contributed by atoms with Gasteiger partial charge in [0.05, 0.1) is 36.9 Å². The van der Waals surface area contributed by atoms with E-state index in [2.05, 4.69) is 17.1 Å². The molecule has 33 heavy (non-hydrogen) atoms. The molecule has 7 nitrogen and oxygen atoms in total. The highest BCUT2D eigenvalue weighted by Gasteiger charge is 2.32. The van der Waals surface area contributed by atoms with Crippen molar-refractivity contribution >= 4 is 16.9 Å². The lowest BCUT2D eigenvalue weighted by atomic mass is 10.1. The van der Waals surface area contributed by atoms with E-state index >= 15 is 0 Å². The lowest BCUT2D eigenvalue weighted by molar-refractivity contribution is -0.0250. The zero-order chi connectivity index (χ0) is 23.1.